The number of aryl methyl sites for hydroxylation is 3. The molecule has 242 valence electrons. The summed E-state index contributed by atoms with van der Waals surface area (Å²) in [5, 5.41) is 2.97. The fourth-order valence-electron chi connectivity index (χ4n) is 5.27. The third-order valence-electron chi connectivity index (χ3n) is 7.75. The minimum atomic E-state index is -4.24. The van der Waals surface area contributed by atoms with Crippen LogP contribution in [-0.4, -0.2) is 51.4 Å². The van der Waals surface area contributed by atoms with Crippen LogP contribution < -0.4 is 14.4 Å². The number of carbonyl (C=O) groups is 2. The Kier molecular flexibility index (Phi) is 11.6. The summed E-state index contributed by atoms with van der Waals surface area (Å²) in [7, 11) is -2.78. The van der Waals surface area contributed by atoms with Gasteiger partial charge in [0, 0.05) is 19.5 Å². The molecule has 0 bridgehead atoms. The molecule has 46 heavy (non-hydrogen) atoms. The number of ether oxygens (including phenoxy) is 1. The molecular formula is C37H43N3O5S. The van der Waals surface area contributed by atoms with Crippen molar-refractivity contribution in [3.8, 4) is 5.75 Å². The first kappa shape index (κ1) is 34.2. The molecule has 0 aliphatic rings. The van der Waals surface area contributed by atoms with Crippen molar-refractivity contribution >= 4 is 27.5 Å². The van der Waals surface area contributed by atoms with Crippen LogP contribution >= 0.6 is 0 Å². The summed E-state index contributed by atoms with van der Waals surface area (Å²) in [6, 6.07) is 28.1. The average Bonchev–Trinajstić information content (AvgIpc) is 3.04. The molecule has 0 fully saturated rings. The van der Waals surface area contributed by atoms with Crippen molar-refractivity contribution in [3.05, 3.63) is 125 Å². The second-order valence-electron chi connectivity index (χ2n) is 11.5. The molecule has 8 nitrogen and oxygen atoms in total. The predicted molar refractivity (Wildman–Crippen MR) is 182 cm³/mol. The van der Waals surface area contributed by atoms with E-state index in [0.717, 1.165) is 38.5 Å². The van der Waals surface area contributed by atoms with Crippen LogP contribution in [0.15, 0.2) is 102 Å². The smallest absolute Gasteiger partial charge is 0.264 e. The van der Waals surface area contributed by atoms with Crippen LogP contribution in [0.5, 0.6) is 5.75 Å². The van der Waals surface area contributed by atoms with E-state index in [0.29, 0.717) is 12.3 Å². The van der Waals surface area contributed by atoms with Crippen molar-refractivity contribution in [2.24, 2.45) is 0 Å². The zero-order valence-corrected chi connectivity index (χ0v) is 28.0. The molecule has 0 aliphatic heterocycles. The molecule has 4 aromatic rings. The Morgan fingerprint density at radius 3 is 2.11 bits per heavy atom. The average molecular weight is 642 g/mol. The summed E-state index contributed by atoms with van der Waals surface area (Å²) in [5.41, 5.74) is 4.65. The second-order valence-corrected chi connectivity index (χ2v) is 13.4. The van der Waals surface area contributed by atoms with E-state index in [4.69, 9.17) is 4.74 Å². The van der Waals surface area contributed by atoms with Crippen LogP contribution in [-0.2, 0) is 32.6 Å². The molecule has 1 N–H and O–H groups in total. The lowest BCUT2D eigenvalue weighted by Gasteiger charge is -2.34. The first-order valence-corrected chi connectivity index (χ1v) is 16.9. The molecule has 0 spiro atoms. The van der Waals surface area contributed by atoms with Gasteiger partial charge in [0.15, 0.2) is 0 Å². The lowest BCUT2D eigenvalue weighted by Crippen LogP contribution is -2.53. The van der Waals surface area contributed by atoms with Gasteiger partial charge in [-0.25, -0.2) is 8.42 Å². The third-order valence-corrected chi connectivity index (χ3v) is 9.52. The maximum absolute atomic E-state index is 14.6. The van der Waals surface area contributed by atoms with E-state index in [1.165, 1.54) is 24.1 Å². The fraction of sp³-hybridized carbons (Fsp3) is 0.297. The van der Waals surface area contributed by atoms with Gasteiger partial charge in [-0.1, -0.05) is 90.8 Å². The highest BCUT2D eigenvalue weighted by molar-refractivity contribution is 7.92. The van der Waals surface area contributed by atoms with Crippen molar-refractivity contribution < 1.29 is 22.7 Å². The summed E-state index contributed by atoms with van der Waals surface area (Å²) in [4.78, 5) is 30.0. The van der Waals surface area contributed by atoms with E-state index in [9.17, 15) is 18.0 Å². The Balaban J connectivity index is 1.85. The zero-order valence-electron chi connectivity index (χ0n) is 27.2. The quantitative estimate of drug-likeness (QED) is 0.183. The summed E-state index contributed by atoms with van der Waals surface area (Å²) >= 11 is 0. The lowest BCUT2D eigenvalue weighted by atomic mass is 10.0. The van der Waals surface area contributed by atoms with Gasteiger partial charge in [0.1, 0.15) is 18.3 Å². The van der Waals surface area contributed by atoms with Crippen LogP contribution in [0.2, 0.25) is 0 Å². The lowest BCUT2D eigenvalue weighted by molar-refractivity contribution is -0.140. The highest BCUT2D eigenvalue weighted by Crippen LogP contribution is 2.34. The molecule has 0 saturated carbocycles. The molecule has 0 unspecified atom stereocenters. The van der Waals surface area contributed by atoms with E-state index in [1.54, 1.807) is 24.3 Å². The van der Waals surface area contributed by atoms with Gasteiger partial charge in [-0.05, 0) is 68.1 Å². The minimum Gasteiger partial charge on any atom is -0.495 e. The summed E-state index contributed by atoms with van der Waals surface area (Å²) in [6.07, 6.45) is 0.984. The molecule has 0 heterocycles. The molecule has 9 heteroatoms. The van der Waals surface area contributed by atoms with Gasteiger partial charge in [-0.15, -0.1) is 0 Å². The van der Waals surface area contributed by atoms with Crippen LogP contribution in [0.4, 0.5) is 5.69 Å². The normalized spacial score (nSPS) is 11.8. The molecule has 0 radical (unpaired) electrons. The first-order valence-electron chi connectivity index (χ1n) is 15.4. The molecule has 0 aromatic heterocycles. The number of hydrogen-bond acceptors (Lipinski definition) is 5. The molecule has 0 aliphatic carbocycles. The van der Waals surface area contributed by atoms with Gasteiger partial charge in [-0.3, -0.25) is 13.9 Å². The number of carbonyl (C=O) groups excluding carboxylic acids is 2. The van der Waals surface area contributed by atoms with E-state index < -0.39 is 28.5 Å². The number of benzene rings is 4. The minimum absolute atomic E-state index is 0.0428. The van der Waals surface area contributed by atoms with Crippen LogP contribution in [0.25, 0.3) is 0 Å². The topological polar surface area (TPSA) is 96.0 Å². The molecular weight excluding hydrogens is 598 g/mol. The van der Waals surface area contributed by atoms with Gasteiger partial charge in [0.05, 0.1) is 17.7 Å². The Morgan fingerprint density at radius 2 is 1.46 bits per heavy atom. The van der Waals surface area contributed by atoms with Gasteiger partial charge < -0.3 is 15.0 Å². The number of hydrogen-bond donors (Lipinski definition) is 1. The number of methoxy groups -OCH3 is 1. The second kappa shape index (κ2) is 15.6. The van der Waals surface area contributed by atoms with E-state index in [1.807, 2.05) is 88.4 Å². The Labute approximate surface area is 273 Å². The number of anilines is 1. The van der Waals surface area contributed by atoms with Crippen molar-refractivity contribution in [2.45, 2.75) is 58.0 Å². The van der Waals surface area contributed by atoms with Crippen molar-refractivity contribution in [2.75, 3.05) is 24.5 Å². The van der Waals surface area contributed by atoms with Crippen LogP contribution in [0.3, 0.4) is 0 Å². The van der Waals surface area contributed by atoms with Gasteiger partial charge in [-0.2, -0.15) is 0 Å². The largest absolute Gasteiger partial charge is 0.495 e. The molecule has 2 amide bonds. The van der Waals surface area contributed by atoms with E-state index in [-0.39, 0.29) is 29.5 Å². The maximum atomic E-state index is 14.6. The fourth-order valence-corrected chi connectivity index (χ4v) is 6.69. The SMILES string of the molecule is CCCNC(=O)[C@@H](Cc1ccccc1)N(Cc1cccc(C)c1)C(=O)CN(c1cc(C)ccc1OC)S(=O)(=O)c1ccc(C)cc1. The molecule has 4 rings (SSSR count). The highest BCUT2D eigenvalue weighted by Gasteiger charge is 2.35. The summed E-state index contributed by atoms with van der Waals surface area (Å²) in [6.45, 7) is 7.66. The number of amides is 2. The van der Waals surface area contributed by atoms with Crippen molar-refractivity contribution in [1.29, 1.82) is 0 Å². The Bertz CT molecular complexity index is 1740. The third kappa shape index (κ3) is 8.54. The summed E-state index contributed by atoms with van der Waals surface area (Å²) < 4.78 is 35.4. The highest BCUT2D eigenvalue weighted by atomic mass is 32.2. The number of sulfonamides is 1. The number of nitrogens with one attached hydrogen (secondary N) is 1. The van der Waals surface area contributed by atoms with E-state index in [2.05, 4.69) is 5.32 Å². The van der Waals surface area contributed by atoms with E-state index >= 15 is 0 Å². The van der Waals surface area contributed by atoms with Crippen LogP contribution in [0, 0.1) is 20.8 Å². The van der Waals surface area contributed by atoms with Crippen molar-refractivity contribution in [3.63, 3.8) is 0 Å². The Hall–Kier alpha value is -4.63. The monoisotopic (exact) mass is 641 g/mol. The molecule has 0 saturated heterocycles. The van der Waals surface area contributed by atoms with Crippen molar-refractivity contribution in [1.82, 2.24) is 10.2 Å². The maximum Gasteiger partial charge on any atom is 0.264 e. The first-order chi connectivity index (χ1) is 22.0. The standard InChI is InChI=1S/C37H43N3O5S/c1-6-21-38-37(42)34(24-30-12-8-7-9-13-30)39(25-31-14-10-11-28(3)22-31)36(41)26-40(33-23-29(4)17-20-35(33)45-5)46(43,44)32-18-15-27(2)16-19-32/h7-20,22-23,34H,6,21,24-26H2,1-5H3,(H,38,42)/t34-/m1/s1. The predicted octanol–water partition coefficient (Wildman–Crippen LogP) is 5.98. The zero-order chi connectivity index (χ0) is 33.3. The summed E-state index contributed by atoms with van der Waals surface area (Å²) in [5.74, 6) is -0.512. The molecule has 1 atom stereocenters. The molecule has 4 aromatic carbocycles. The number of nitrogens with zero attached hydrogens (tertiary/aromatic N) is 2. The van der Waals surface area contributed by atoms with Gasteiger partial charge in [0.2, 0.25) is 11.8 Å². The Morgan fingerprint density at radius 1 is 0.804 bits per heavy atom. The van der Waals surface area contributed by atoms with Gasteiger partial charge in [0.25, 0.3) is 10.0 Å². The number of rotatable bonds is 14. The van der Waals surface area contributed by atoms with Crippen LogP contribution in [0.1, 0.15) is 41.2 Å². The van der Waals surface area contributed by atoms with Gasteiger partial charge >= 0.3 is 0 Å².